The second kappa shape index (κ2) is 8.12. The molecule has 0 spiro atoms. The number of nitrogens with one attached hydrogen (secondary N) is 1. The highest BCUT2D eigenvalue weighted by Gasteiger charge is 2.56. The zero-order valence-electron chi connectivity index (χ0n) is 19.3. The number of amides is 1. The van der Waals surface area contributed by atoms with E-state index in [0.717, 1.165) is 29.6 Å². The van der Waals surface area contributed by atoms with Crippen LogP contribution >= 0.6 is 18.5 Å². The quantitative estimate of drug-likeness (QED) is 0.248. The summed E-state index contributed by atoms with van der Waals surface area (Å²) in [5.41, 5.74) is 4.46. The number of aromatic nitrogens is 4. The van der Waals surface area contributed by atoms with Crippen molar-refractivity contribution in [2.45, 2.75) is 37.0 Å². The summed E-state index contributed by atoms with van der Waals surface area (Å²) in [6.07, 6.45) is 6.12. The Morgan fingerprint density at radius 1 is 1.08 bits per heavy atom. The number of alkyl halides is 3. The van der Waals surface area contributed by atoms with Gasteiger partial charge in [0.15, 0.2) is 0 Å². The van der Waals surface area contributed by atoms with Crippen LogP contribution in [0.3, 0.4) is 0 Å². The molecule has 36 heavy (non-hydrogen) atoms. The van der Waals surface area contributed by atoms with E-state index in [0.29, 0.717) is 26.9 Å². The largest absolute Gasteiger partial charge is 0.354 e. The molecule has 5 atom stereocenters. The maximum atomic E-state index is 15.6. The second-order valence-corrected chi connectivity index (χ2v) is 11.5. The van der Waals surface area contributed by atoms with Gasteiger partial charge in [0.25, 0.3) is 0 Å². The number of imidazole rings is 1. The third-order valence-corrected chi connectivity index (χ3v) is 7.65. The Balaban J connectivity index is 1.45. The van der Waals surface area contributed by atoms with E-state index in [1.807, 2.05) is 24.3 Å². The Kier molecular flexibility index (Phi) is 5.33. The molecule has 1 saturated heterocycles. The van der Waals surface area contributed by atoms with Crippen LogP contribution in [0, 0.1) is 11.8 Å². The summed E-state index contributed by atoms with van der Waals surface area (Å²) < 4.78 is 43.5. The molecule has 6 rings (SSSR count). The topological polar surface area (TPSA) is 66.8 Å². The van der Waals surface area contributed by atoms with E-state index in [1.165, 1.54) is 28.6 Å². The minimum atomic E-state index is -3.23. The number of rotatable bonds is 6. The van der Waals surface area contributed by atoms with Gasteiger partial charge in [-0.25, -0.2) is 14.1 Å². The first-order valence-corrected chi connectivity index (χ1v) is 12.8. The van der Waals surface area contributed by atoms with Crippen LogP contribution in [0.4, 0.5) is 18.9 Å². The fourth-order valence-corrected chi connectivity index (χ4v) is 5.56. The van der Waals surface area contributed by atoms with Crippen molar-refractivity contribution >= 4 is 41.1 Å². The number of carbonyl (C=O) groups excluding carboxylic acids is 1. The Morgan fingerprint density at radius 3 is 2.53 bits per heavy atom. The van der Waals surface area contributed by atoms with Crippen LogP contribution in [-0.2, 0) is 16.0 Å². The van der Waals surface area contributed by atoms with Gasteiger partial charge in [-0.15, -0.1) is 0 Å². The van der Waals surface area contributed by atoms with E-state index in [4.69, 9.17) is 0 Å². The lowest BCUT2D eigenvalue weighted by Crippen LogP contribution is -2.56. The molecule has 0 radical (unpaired) electrons. The zero-order valence-corrected chi connectivity index (χ0v) is 21.6. The van der Waals surface area contributed by atoms with Crippen molar-refractivity contribution in [3.63, 3.8) is 0 Å². The van der Waals surface area contributed by atoms with Crippen molar-refractivity contribution in [3.05, 3.63) is 66.2 Å². The van der Waals surface area contributed by atoms with Crippen LogP contribution in [0.1, 0.15) is 36.9 Å². The van der Waals surface area contributed by atoms with Crippen molar-refractivity contribution in [1.29, 1.82) is 0 Å². The molecule has 4 unspecified atom stereocenters. The van der Waals surface area contributed by atoms with Crippen molar-refractivity contribution in [3.8, 4) is 11.1 Å². The molecule has 2 fully saturated rings. The van der Waals surface area contributed by atoms with Crippen LogP contribution < -0.4 is 4.90 Å². The van der Waals surface area contributed by atoms with Gasteiger partial charge >= 0.3 is 5.79 Å². The monoisotopic (exact) mass is 529 g/mol. The van der Waals surface area contributed by atoms with Gasteiger partial charge in [0.05, 0.1) is 35.5 Å². The number of hydrogen-bond acceptors (Lipinski definition) is 3. The van der Waals surface area contributed by atoms with Gasteiger partial charge in [0.2, 0.25) is 5.91 Å². The minimum Gasteiger partial charge on any atom is -0.345 e. The standard InChI is InChI=1S/C25H24F3N5OP2/c1-24(26,35)18-8-14(15-10-31-32(11-15)25(27,28)36)4-6-17(18)22-21(13-2-3-13)23(34)33(22)16-5-7-19-20(9-16)30-12-29-19/h4-13,21-22H,2-3,35-36H2,1H3,(H,29,30)/t21?,22-,24?/m0/s1. The molecule has 3 heterocycles. The van der Waals surface area contributed by atoms with Crippen LogP contribution in [0.25, 0.3) is 22.2 Å². The fraction of sp³-hybridized carbons (Fsp3) is 0.320. The number of aromatic amines is 1. The highest BCUT2D eigenvalue weighted by molar-refractivity contribution is 7.18. The molecule has 4 aromatic rings. The average molecular weight is 529 g/mol. The Morgan fingerprint density at radius 2 is 1.86 bits per heavy atom. The summed E-state index contributed by atoms with van der Waals surface area (Å²) in [7, 11) is 3.67. The number of benzene rings is 2. The number of β-lactam (4-membered cyclic amide) rings is 1. The number of anilines is 1. The van der Waals surface area contributed by atoms with Gasteiger partial charge in [0.1, 0.15) is 5.41 Å². The summed E-state index contributed by atoms with van der Waals surface area (Å²) in [5, 5.41) is 1.94. The van der Waals surface area contributed by atoms with E-state index in [-0.39, 0.29) is 23.8 Å². The number of halogens is 3. The molecule has 1 saturated carbocycles. The van der Waals surface area contributed by atoms with Gasteiger partial charge in [-0.1, -0.05) is 21.4 Å². The molecule has 186 valence electrons. The highest BCUT2D eigenvalue weighted by Crippen LogP contribution is 2.56. The average Bonchev–Trinajstić information content (AvgIpc) is 3.30. The number of fused-ring (bicyclic) bond motifs is 1. The van der Waals surface area contributed by atoms with Gasteiger partial charge in [-0.2, -0.15) is 13.9 Å². The summed E-state index contributed by atoms with van der Waals surface area (Å²) in [6.45, 7) is 1.44. The lowest BCUT2D eigenvalue weighted by Gasteiger charge is -2.49. The summed E-state index contributed by atoms with van der Waals surface area (Å²) in [6, 6.07) is 10.5. The SMILES string of the molecule is CC(F)(P)c1cc(-c2cnn(C(F)(F)P)c2)ccc1[C@H]1C(C2CC2)C(=O)N1c1ccc2nc[nH]c2c1. The van der Waals surface area contributed by atoms with Crippen molar-refractivity contribution in [2.75, 3.05) is 4.90 Å². The maximum absolute atomic E-state index is 15.6. The number of H-pyrrole nitrogens is 1. The maximum Gasteiger partial charge on any atom is 0.354 e. The van der Waals surface area contributed by atoms with E-state index in [2.05, 4.69) is 24.3 Å². The third kappa shape index (κ3) is 3.93. The van der Waals surface area contributed by atoms with Crippen LogP contribution in [-0.4, -0.2) is 25.7 Å². The zero-order chi connectivity index (χ0) is 25.4. The molecule has 1 aliphatic heterocycles. The predicted octanol–water partition coefficient (Wildman–Crippen LogP) is 5.94. The van der Waals surface area contributed by atoms with E-state index in [1.54, 1.807) is 23.4 Å². The van der Waals surface area contributed by atoms with Crippen LogP contribution in [0.5, 0.6) is 0 Å². The summed E-state index contributed by atoms with van der Waals surface area (Å²) in [5.74, 6) is -3.14. The van der Waals surface area contributed by atoms with Crippen LogP contribution in [0.2, 0.25) is 0 Å². The Hall–Kier alpha value is -2.76. The van der Waals surface area contributed by atoms with Gasteiger partial charge < -0.3 is 9.88 Å². The first-order valence-electron chi connectivity index (χ1n) is 11.6. The summed E-state index contributed by atoms with van der Waals surface area (Å²) >= 11 is 0. The first-order chi connectivity index (χ1) is 17.0. The van der Waals surface area contributed by atoms with E-state index >= 15 is 4.39 Å². The van der Waals surface area contributed by atoms with Crippen molar-refractivity contribution < 1.29 is 18.0 Å². The number of nitrogens with zero attached hydrogens (tertiary/aromatic N) is 4. The second-order valence-electron chi connectivity index (χ2n) is 9.76. The minimum absolute atomic E-state index is 0.0321. The molecule has 2 aromatic carbocycles. The van der Waals surface area contributed by atoms with Gasteiger partial charge in [-0.3, -0.25) is 4.79 Å². The van der Waals surface area contributed by atoms with Crippen molar-refractivity contribution in [1.82, 2.24) is 19.7 Å². The van der Waals surface area contributed by atoms with Crippen molar-refractivity contribution in [2.24, 2.45) is 11.8 Å². The fourth-order valence-electron chi connectivity index (χ4n) is 5.17. The van der Waals surface area contributed by atoms with Gasteiger partial charge in [0, 0.05) is 17.4 Å². The van der Waals surface area contributed by atoms with Gasteiger partial charge in [-0.05, 0) is 75.9 Å². The van der Waals surface area contributed by atoms with Crippen LogP contribution in [0.15, 0.2) is 55.1 Å². The molecule has 0 bridgehead atoms. The normalized spacial score (nSPS) is 22.1. The lowest BCUT2D eigenvalue weighted by atomic mass is 9.76. The van der Waals surface area contributed by atoms with E-state index < -0.39 is 11.2 Å². The molecule has 1 amide bonds. The molecule has 2 aliphatic rings. The predicted molar refractivity (Wildman–Crippen MR) is 138 cm³/mol. The molecular weight excluding hydrogens is 505 g/mol. The lowest BCUT2D eigenvalue weighted by molar-refractivity contribution is -0.131. The number of hydrogen-bond donors (Lipinski definition) is 1. The Labute approximate surface area is 210 Å². The Bertz CT molecular complexity index is 1480. The molecule has 2 aromatic heterocycles. The third-order valence-electron chi connectivity index (χ3n) is 7.07. The smallest absolute Gasteiger partial charge is 0.345 e. The molecule has 11 heteroatoms. The molecule has 1 aliphatic carbocycles. The first kappa shape index (κ1) is 23.6. The molecular formula is C25H24F3N5OP2. The summed E-state index contributed by atoms with van der Waals surface area (Å²) in [4.78, 5) is 22.4. The number of carbonyl (C=O) groups is 1. The highest BCUT2D eigenvalue weighted by atomic mass is 31.0. The molecule has 6 nitrogen and oxygen atoms in total. The van der Waals surface area contributed by atoms with E-state index in [9.17, 15) is 13.6 Å². The molecule has 1 N–H and O–H groups in total.